The second-order valence-corrected chi connectivity index (χ2v) is 5.75. The van der Waals surface area contributed by atoms with Gasteiger partial charge in [0.25, 0.3) is 0 Å². The number of nitrogens with one attached hydrogen (secondary N) is 1. The predicted molar refractivity (Wildman–Crippen MR) is 97.3 cm³/mol. The van der Waals surface area contributed by atoms with Gasteiger partial charge >= 0.3 is 5.69 Å². The summed E-state index contributed by atoms with van der Waals surface area (Å²) >= 11 is 0. The van der Waals surface area contributed by atoms with E-state index in [1.165, 1.54) is 4.57 Å². The van der Waals surface area contributed by atoms with Crippen LogP contribution in [0.4, 0.5) is 0 Å². The number of methoxy groups -OCH3 is 1. The van der Waals surface area contributed by atoms with Gasteiger partial charge in [0.2, 0.25) is 5.88 Å². The molecular formula is C19H16N4O3. The summed E-state index contributed by atoms with van der Waals surface area (Å²) in [5, 5.41) is 0. The van der Waals surface area contributed by atoms with Crippen molar-refractivity contribution in [2.45, 2.75) is 6.92 Å². The standard InChI is InChI=1S/C19H16N4O3/c1-12-3-5-14(9-17(12)25-2)26-18-6-4-13(10-21-18)23-16-11-20-8-7-15(16)22-19(23)24/h3-11H,1-2H3,(H,22,24). The van der Waals surface area contributed by atoms with Crippen molar-refractivity contribution < 1.29 is 9.47 Å². The number of hydrogen-bond donors (Lipinski definition) is 1. The lowest BCUT2D eigenvalue weighted by Gasteiger charge is -2.09. The molecule has 0 radical (unpaired) electrons. The SMILES string of the molecule is COc1cc(Oc2ccc(-n3c(=O)[nH]c4ccncc43)cn2)ccc1C. The molecule has 26 heavy (non-hydrogen) atoms. The third-order valence-electron chi connectivity index (χ3n) is 4.07. The van der Waals surface area contributed by atoms with Crippen LogP contribution < -0.4 is 15.2 Å². The normalized spacial score (nSPS) is 10.8. The summed E-state index contributed by atoms with van der Waals surface area (Å²) in [6.45, 7) is 1.96. The van der Waals surface area contributed by atoms with Gasteiger partial charge in [-0.1, -0.05) is 6.07 Å². The zero-order valence-electron chi connectivity index (χ0n) is 14.3. The molecule has 4 rings (SSSR count). The number of imidazole rings is 1. The summed E-state index contributed by atoms with van der Waals surface area (Å²) < 4.78 is 12.6. The molecule has 0 bridgehead atoms. The van der Waals surface area contributed by atoms with Crippen LogP contribution in [0.25, 0.3) is 16.7 Å². The van der Waals surface area contributed by atoms with E-state index in [0.717, 1.165) is 16.8 Å². The third-order valence-corrected chi connectivity index (χ3v) is 4.07. The first-order chi connectivity index (χ1) is 12.7. The van der Waals surface area contributed by atoms with Crippen LogP contribution in [-0.4, -0.2) is 26.6 Å². The summed E-state index contributed by atoms with van der Waals surface area (Å²) in [5.74, 6) is 1.80. The Morgan fingerprint density at radius 2 is 2.00 bits per heavy atom. The van der Waals surface area contributed by atoms with E-state index in [4.69, 9.17) is 9.47 Å². The van der Waals surface area contributed by atoms with Gasteiger partial charge in [-0.2, -0.15) is 0 Å². The molecule has 0 saturated heterocycles. The molecule has 0 fully saturated rings. The molecule has 0 aliphatic carbocycles. The van der Waals surface area contributed by atoms with Crippen molar-refractivity contribution in [1.82, 2.24) is 19.5 Å². The summed E-state index contributed by atoms with van der Waals surface area (Å²) in [5.41, 5.74) is 2.82. The molecule has 7 nitrogen and oxygen atoms in total. The Morgan fingerprint density at radius 1 is 1.12 bits per heavy atom. The molecule has 0 unspecified atom stereocenters. The van der Waals surface area contributed by atoms with Crippen molar-refractivity contribution in [2.24, 2.45) is 0 Å². The minimum atomic E-state index is -0.244. The molecular weight excluding hydrogens is 332 g/mol. The molecule has 1 N–H and O–H groups in total. The van der Waals surface area contributed by atoms with Crippen LogP contribution in [0.15, 0.2) is 59.8 Å². The molecule has 0 spiro atoms. The Bertz CT molecular complexity index is 1130. The van der Waals surface area contributed by atoms with Crippen LogP contribution >= 0.6 is 0 Å². The summed E-state index contributed by atoms with van der Waals surface area (Å²) in [7, 11) is 1.62. The van der Waals surface area contributed by atoms with E-state index in [2.05, 4.69) is 15.0 Å². The fourth-order valence-corrected chi connectivity index (χ4v) is 2.76. The molecule has 0 aliphatic rings. The number of hydrogen-bond acceptors (Lipinski definition) is 5. The molecule has 3 aromatic heterocycles. The Labute approximate surface area is 148 Å². The first kappa shape index (κ1) is 15.9. The number of H-pyrrole nitrogens is 1. The van der Waals surface area contributed by atoms with E-state index in [9.17, 15) is 4.79 Å². The highest BCUT2D eigenvalue weighted by Gasteiger charge is 2.10. The van der Waals surface area contributed by atoms with Crippen molar-refractivity contribution >= 4 is 11.0 Å². The molecule has 1 aromatic carbocycles. The molecule has 0 amide bonds. The van der Waals surface area contributed by atoms with Crippen LogP contribution in [-0.2, 0) is 0 Å². The predicted octanol–water partition coefficient (Wildman–Crippen LogP) is 3.22. The van der Waals surface area contributed by atoms with Crippen LogP contribution in [0, 0.1) is 6.92 Å². The second-order valence-electron chi connectivity index (χ2n) is 5.75. The molecule has 0 saturated carbocycles. The third kappa shape index (κ3) is 2.79. The fraction of sp³-hybridized carbons (Fsp3) is 0.105. The number of rotatable bonds is 4. The smallest absolute Gasteiger partial charge is 0.331 e. The Kier molecular flexibility index (Phi) is 3.89. The first-order valence-corrected chi connectivity index (χ1v) is 7.99. The maximum atomic E-state index is 12.2. The second kappa shape index (κ2) is 6.36. The van der Waals surface area contributed by atoms with Crippen LogP contribution in [0.2, 0.25) is 0 Å². The average Bonchev–Trinajstić information content (AvgIpc) is 3.00. The number of nitrogens with zero attached hydrogens (tertiary/aromatic N) is 3. The average molecular weight is 348 g/mol. The zero-order chi connectivity index (χ0) is 18.1. The maximum absolute atomic E-state index is 12.2. The van der Waals surface area contributed by atoms with Crippen molar-refractivity contribution in [2.75, 3.05) is 7.11 Å². The number of aromatic nitrogens is 4. The molecule has 0 atom stereocenters. The van der Waals surface area contributed by atoms with Crippen molar-refractivity contribution in [3.8, 4) is 23.1 Å². The van der Waals surface area contributed by atoms with Gasteiger partial charge in [-0.05, 0) is 30.7 Å². The Morgan fingerprint density at radius 3 is 2.77 bits per heavy atom. The Balaban J connectivity index is 1.65. The minimum Gasteiger partial charge on any atom is -0.496 e. The highest BCUT2D eigenvalue weighted by Crippen LogP contribution is 2.27. The number of aromatic amines is 1. The van der Waals surface area contributed by atoms with E-state index in [0.29, 0.717) is 22.8 Å². The quantitative estimate of drug-likeness (QED) is 0.612. The number of fused-ring (bicyclic) bond motifs is 1. The molecule has 7 heteroatoms. The van der Waals surface area contributed by atoms with E-state index >= 15 is 0 Å². The highest BCUT2D eigenvalue weighted by molar-refractivity contribution is 5.75. The molecule has 4 aromatic rings. The van der Waals surface area contributed by atoms with Gasteiger partial charge in [0, 0.05) is 18.3 Å². The summed E-state index contributed by atoms with van der Waals surface area (Å²) in [4.78, 5) is 23.4. The lowest BCUT2D eigenvalue weighted by Crippen LogP contribution is -2.14. The van der Waals surface area contributed by atoms with Gasteiger partial charge in [0.05, 0.1) is 36.2 Å². The molecule has 3 heterocycles. The highest BCUT2D eigenvalue weighted by atomic mass is 16.5. The number of benzene rings is 1. The Hall–Kier alpha value is -3.61. The van der Waals surface area contributed by atoms with E-state index < -0.39 is 0 Å². The van der Waals surface area contributed by atoms with Crippen molar-refractivity contribution in [3.05, 3.63) is 71.0 Å². The van der Waals surface area contributed by atoms with Crippen LogP contribution in [0.1, 0.15) is 5.56 Å². The van der Waals surface area contributed by atoms with E-state index in [-0.39, 0.29) is 5.69 Å². The van der Waals surface area contributed by atoms with Crippen molar-refractivity contribution in [3.63, 3.8) is 0 Å². The summed E-state index contributed by atoms with van der Waals surface area (Å²) in [6, 6.07) is 10.8. The lowest BCUT2D eigenvalue weighted by atomic mass is 10.2. The van der Waals surface area contributed by atoms with Gasteiger partial charge in [-0.15, -0.1) is 0 Å². The van der Waals surface area contributed by atoms with Gasteiger partial charge in [-0.3, -0.25) is 9.55 Å². The monoisotopic (exact) mass is 348 g/mol. The number of aryl methyl sites for hydroxylation is 1. The number of pyridine rings is 2. The maximum Gasteiger partial charge on any atom is 0.331 e. The van der Waals surface area contributed by atoms with E-state index in [1.54, 1.807) is 50.0 Å². The van der Waals surface area contributed by atoms with Gasteiger partial charge in [0.1, 0.15) is 11.5 Å². The van der Waals surface area contributed by atoms with Gasteiger partial charge in [0.15, 0.2) is 0 Å². The van der Waals surface area contributed by atoms with Crippen LogP contribution in [0.3, 0.4) is 0 Å². The minimum absolute atomic E-state index is 0.244. The lowest BCUT2D eigenvalue weighted by molar-refractivity contribution is 0.404. The molecule has 130 valence electrons. The fourth-order valence-electron chi connectivity index (χ4n) is 2.76. The van der Waals surface area contributed by atoms with Gasteiger partial charge < -0.3 is 14.5 Å². The van der Waals surface area contributed by atoms with Crippen LogP contribution in [0.5, 0.6) is 17.4 Å². The first-order valence-electron chi connectivity index (χ1n) is 7.99. The van der Waals surface area contributed by atoms with E-state index in [1.807, 2.05) is 19.1 Å². The largest absolute Gasteiger partial charge is 0.496 e. The number of ether oxygens (including phenoxy) is 2. The zero-order valence-corrected chi connectivity index (χ0v) is 14.3. The van der Waals surface area contributed by atoms with Gasteiger partial charge in [-0.25, -0.2) is 9.78 Å². The topological polar surface area (TPSA) is 82.0 Å². The summed E-state index contributed by atoms with van der Waals surface area (Å²) in [6.07, 6.45) is 4.85. The van der Waals surface area contributed by atoms with Crippen molar-refractivity contribution in [1.29, 1.82) is 0 Å². The molecule has 0 aliphatic heterocycles.